The normalized spacial score (nSPS) is 10.0. The first-order valence-electron chi connectivity index (χ1n) is 5.88. The lowest BCUT2D eigenvalue weighted by Gasteiger charge is -2.11. The number of nitrogens with zero attached hydrogens (tertiary/aromatic N) is 1. The maximum atomic E-state index is 10.8. The van der Waals surface area contributed by atoms with E-state index in [4.69, 9.17) is 9.47 Å². The zero-order valence-electron chi connectivity index (χ0n) is 11.0. The molecule has 1 amide bonds. The summed E-state index contributed by atoms with van der Waals surface area (Å²) in [5.74, 6) is 0.231. The summed E-state index contributed by atoms with van der Waals surface area (Å²) in [5, 5.41) is 2.28. The van der Waals surface area contributed by atoms with Crippen LogP contribution < -0.4 is 9.47 Å². The molecule has 0 unspecified atom stereocenters. The second-order valence-electron chi connectivity index (χ2n) is 3.67. The molecule has 0 bridgehead atoms. The third-order valence-electron chi connectivity index (χ3n) is 2.19. The minimum atomic E-state index is -0.842. The summed E-state index contributed by atoms with van der Waals surface area (Å²) < 4.78 is 10.9. The first-order chi connectivity index (χ1) is 9.71. The van der Waals surface area contributed by atoms with Gasteiger partial charge in [0.15, 0.2) is 11.5 Å². The summed E-state index contributed by atoms with van der Waals surface area (Å²) in [6.07, 6.45) is 5.80. The molecule has 0 saturated heterocycles. The van der Waals surface area contributed by atoms with Crippen LogP contribution in [0.3, 0.4) is 0 Å². The third-order valence-corrected chi connectivity index (χ3v) is 2.19. The van der Waals surface area contributed by atoms with Crippen LogP contribution in [0.25, 0.3) is 6.08 Å². The van der Waals surface area contributed by atoms with Crippen molar-refractivity contribution in [3.05, 3.63) is 60.1 Å². The minimum absolute atomic E-state index is 0.326. The highest BCUT2D eigenvalue weighted by Crippen LogP contribution is 2.29. The lowest BCUT2D eigenvalue weighted by Crippen LogP contribution is -1.99. The lowest BCUT2D eigenvalue weighted by atomic mass is 10.2. The van der Waals surface area contributed by atoms with Gasteiger partial charge in [0.05, 0.1) is 0 Å². The van der Waals surface area contributed by atoms with E-state index in [1.165, 1.54) is 6.08 Å². The molecule has 0 fully saturated rings. The Morgan fingerprint density at radius 2 is 1.80 bits per heavy atom. The van der Waals surface area contributed by atoms with Gasteiger partial charge in [0.1, 0.15) is 13.2 Å². The van der Waals surface area contributed by atoms with E-state index in [-0.39, 0.29) is 0 Å². The molecule has 1 aromatic carbocycles. The molecule has 0 aliphatic carbocycles. The summed E-state index contributed by atoms with van der Waals surface area (Å²) in [6, 6.07) is 5.13. The molecule has 0 heterocycles. The molecule has 0 aromatic heterocycles. The van der Waals surface area contributed by atoms with E-state index in [9.17, 15) is 9.70 Å². The van der Waals surface area contributed by atoms with Crippen LogP contribution in [0.4, 0.5) is 0 Å². The SMILES string of the molecule is C=CCOc1ccc(/C=C/C(=O)N=O)cc1OCC=C. The van der Waals surface area contributed by atoms with E-state index in [1.54, 1.807) is 30.4 Å². The van der Waals surface area contributed by atoms with Crippen molar-refractivity contribution < 1.29 is 14.3 Å². The third kappa shape index (κ3) is 4.89. The number of carbonyl (C=O) groups is 1. The largest absolute Gasteiger partial charge is 0.486 e. The molecule has 5 nitrogen and oxygen atoms in total. The molecule has 104 valence electrons. The van der Waals surface area contributed by atoms with Crippen LogP contribution in [0.15, 0.2) is 54.8 Å². The minimum Gasteiger partial charge on any atom is -0.486 e. The molecule has 1 rings (SSSR count). The summed E-state index contributed by atoms with van der Waals surface area (Å²) in [7, 11) is 0. The second kappa shape index (κ2) is 8.42. The molecular formula is C15H15NO4. The average Bonchev–Trinajstić information content (AvgIpc) is 2.49. The Labute approximate surface area is 117 Å². The summed E-state index contributed by atoms with van der Waals surface area (Å²) in [5.41, 5.74) is 0.687. The van der Waals surface area contributed by atoms with Crippen LogP contribution in [0, 0.1) is 4.91 Å². The van der Waals surface area contributed by atoms with Gasteiger partial charge in [-0.15, -0.1) is 4.91 Å². The fourth-order valence-corrected chi connectivity index (χ4v) is 1.36. The van der Waals surface area contributed by atoms with Crippen molar-refractivity contribution in [3.63, 3.8) is 0 Å². The van der Waals surface area contributed by atoms with Crippen molar-refractivity contribution in [3.8, 4) is 11.5 Å². The zero-order valence-corrected chi connectivity index (χ0v) is 11.0. The van der Waals surface area contributed by atoms with Gasteiger partial charge < -0.3 is 9.47 Å². The van der Waals surface area contributed by atoms with Gasteiger partial charge in [-0.25, -0.2) is 0 Å². The van der Waals surface area contributed by atoms with E-state index in [0.29, 0.717) is 30.3 Å². The van der Waals surface area contributed by atoms with Crippen molar-refractivity contribution in [2.45, 2.75) is 0 Å². The molecule has 0 atom stereocenters. The first kappa shape index (κ1) is 15.4. The number of hydrogen-bond donors (Lipinski definition) is 0. The highest BCUT2D eigenvalue weighted by molar-refractivity contribution is 5.92. The molecule has 0 saturated carbocycles. The fourth-order valence-electron chi connectivity index (χ4n) is 1.36. The Kier molecular flexibility index (Phi) is 6.47. The molecule has 1 aromatic rings. The Balaban J connectivity index is 2.96. The number of hydrogen-bond acceptors (Lipinski definition) is 4. The standard InChI is InChI=1S/C15H15NO4/c1-3-9-19-13-7-5-12(6-8-15(17)16-18)11-14(13)20-10-4-2/h3-8,11H,1-2,9-10H2/b8-6+. The van der Waals surface area contributed by atoms with E-state index in [0.717, 1.165) is 6.08 Å². The van der Waals surface area contributed by atoms with E-state index < -0.39 is 5.91 Å². The summed E-state index contributed by atoms with van der Waals surface area (Å²) in [4.78, 5) is 20.8. The number of carbonyl (C=O) groups excluding carboxylic acids is 1. The maximum Gasteiger partial charge on any atom is 0.309 e. The number of benzene rings is 1. The Morgan fingerprint density at radius 3 is 2.40 bits per heavy atom. The number of ether oxygens (including phenoxy) is 2. The molecule has 0 aliphatic heterocycles. The van der Waals surface area contributed by atoms with Gasteiger partial charge in [-0.1, -0.05) is 31.4 Å². The Morgan fingerprint density at radius 1 is 1.15 bits per heavy atom. The molecule has 0 N–H and O–H groups in total. The molecule has 0 aliphatic rings. The van der Waals surface area contributed by atoms with Gasteiger partial charge in [-0.3, -0.25) is 4.79 Å². The second-order valence-corrected chi connectivity index (χ2v) is 3.67. The van der Waals surface area contributed by atoms with Crippen LogP contribution in [0.1, 0.15) is 5.56 Å². The first-order valence-corrected chi connectivity index (χ1v) is 5.88. The monoisotopic (exact) mass is 273 g/mol. The maximum absolute atomic E-state index is 10.8. The van der Waals surface area contributed by atoms with Gasteiger partial charge in [-0.05, 0) is 23.8 Å². The smallest absolute Gasteiger partial charge is 0.309 e. The highest BCUT2D eigenvalue weighted by Gasteiger charge is 2.05. The molecular weight excluding hydrogens is 258 g/mol. The van der Waals surface area contributed by atoms with Crippen LogP contribution in [-0.2, 0) is 4.79 Å². The average molecular weight is 273 g/mol. The predicted octanol–water partition coefficient (Wildman–Crippen LogP) is 3.12. The van der Waals surface area contributed by atoms with Crippen LogP contribution in [0.2, 0.25) is 0 Å². The van der Waals surface area contributed by atoms with Crippen molar-refractivity contribution in [2.75, 3.05) is 13.2 Å². The van der Waals surface area contributed by atoms with Gasteiger partial charge in [0.25, 0.3) is 0 Å². The molecule has 5 heteroatoms. The van der Waals surface area contributed by atoms with Crippen LogP contribution >= 0.6 is 0 Å². The predicted molar refractivity (Wildman–Crippen MR) is 77.7 cm³/mol. The van der Waals surface area contributed by atoms with Crippen molar-refractivity contribution >= 4 is 12.0 Å². The Bertz CT molecular complexity index is 535. The summed E-state index contributed by atoms with van der Waals surface area (Å²) in [6.45, 7) is 7.83. The van der Waals surface area contributed by atoms with Crippen molar-refractivity contribution in [1.82, 2.24) is 0 Å². The lowest BCUT2D eigenvalue weighted by molar-refractivity contribution is -0.113. The molecule has 20 heavy (non-hydrogen) atoms. The van der Waals surface area contributed by atoms with E-state index in [2.05, 4.69) is 18.3 Å². The van der Waals surface area contributed by atoms with E-state index >= 15 is 0 Å². The van der Waals surface area contributed by atoms with Gasteiger partial charge in [0.2, 0.25) is 0 Å². The summed E-state index contributed by atoms with van der Waals surface area (Å²) >= 11 is 0. The topological polar surface area (TPSA) is 65.0 Å². The van der Waals surface area contributed by atoms with Gasteiger partial charge in [0, 0.05) is 11.3 Å². The van der Waals surface area contributed by atoms with Crippen LogP contribution in [0.5, 0.6) is 11.5 Å². The van der Waals surface area contributed by atoms with Crippen molar-refractivity contribution in [1.29, 1.82) is 0 Å². The fraction of sp³-hybridized carbons (Fsp3) is 0.133. The van der Waals surface area contributed by atoms with E-state index in [1.807, 2.05) is 0 Å². The molecule has 0 radical (unpaired) electrons. The van der Waals surface area contributed by atoms with Gasteiger partial charge >= 0.3 is 5.91 Å². The highest BCUT2D eigenvalue weighted by atomic mass is 16.5. The van der Waals surface area contributed by atoms with Crippen molar-refractivity contribution in [2.24, 2.45) is 5.18 Å². The number of rotatable bonds is 8. The van der Waals surface area contributed by atoms with Crippen LogP contribution in [-0.4, -0.2) is 19.1 Å². The number of amides is 1. The zero-order chi connectivity index (χ0) is 14.8. The molecule has 0 spiro atoms. The van der Waals surface area contributed by atoms with Gasteiger partial charge in [-0.2, -0.15) is 0 Å². The quantitative estimate of drug-likeness (QED) is 0.414. The Hall–Kier alpha value is -2.69. The number of nitroso groups, excluding NO2 is 1.